The van der Waals surface area contributed by atoms with E-state index in [1.807, 2.05) is 0 Å². The molecule has 5 aromatic rings. The first-order valence-corrected chi connectivity index (χ1v) is 12.6. The molecule has 0 saturated carbocycles. The summed E-state index contributed by atoms with van der Waals surface area (Å²) in [5, 5.41) is 0. The first kappa shape index (κ1) is 22.4. The molecule has 0 spiro atoms. The van der Waals surface area contributed by atoms with Crippen LogP contribution >= 0.6 is 15.9 Å². The van der Waals surface area contributed by atoms with Gasteiger partial charge in [-0.2, -0.15) is 0 Å². The molecule has 0 amide bonds. The molecule has 166 valence electrons. The van der Waals surface area contributed by atoms with Crippen LogP contribution in [0.1, 0.15) is 29.0 Å². The van der Waals surface area contributed by atoms with Crippen LogP contribution in [0.2, 0.25) is 0 Å². The zero-order chi connectivity index (χ0) is 23.2. The Morgan fingerprint density at radius 2 is 0.853 bits per heavy atom. The fourth-order valence-electron chi connectivity index (χ4n) is 4.56. The summed E-state index contributed by atoms with van der Waals surface area (Å²) in [5.74, 6) is 0.353. The minimum atomic E-state index is 0.353. The summed E-state index contributed by atoms with van der Waals surface area (Å²) < 4.78 is 1.12. The molecule has 0 heterocycles. The molecule has 0 aliphatic carbocycles. The zero-order valence-corrected chi connectivity index (χ0v) is 20.7. The number of hydrogen-bond acceptors (Lipinski definition) is 0. The van der Waals surface area contributed by atoms with Gasteiger partial charge in [0.25, 0.3) is 0 Å². The second-order valence-corrected chi connectivity index (χ2v) is 9.61. The van der Waals surface area contributed by atoms with Crippen molar-refractivity contribution in [2.75, 3.05) is 0 Å². The van der Waals surface area contributed by atoms with Gasteiger partial charge >= 0.3 is 0 Å². The lowest BCUT2D eigenvalue weighted by Gasteiger charge is -2.19. The molecule has 0 bridgehead atoms. The smallest absolute Gasteiger partial charge is 0.0175 e. The second-order valence-electron chi connectivity index (χ2n) is 8.69. The number of benzene rings is 5. The molecule has 5 rings (SSSR count). The van der Waals surface area contributed by atoms with Crippen LogP contribution in [0.3, 0.4) is 0 Å². The van der Waals surface area contributed by atoms with Crippen molar-refractivity contribution >= 4 is 15.9 Å². The molecule has 34 heavy (non-hydrogen) atoms. The van der Waals surface area contributed by atoms with Crippen molar-refractivity contribution in [2.45, 2.75) is 18.8 Å². The van der Waals surface area contributed by atoms with E-state index in [0.29, 0.717) is 5.92 Å². The molecular weight excluding hydrogens is 476 g/mol. The van der Waals surface area contributed by atoms with Crippen LogP contribution < -0.4 is 0 Å². The van der Waals surface area contributed by atoms with Crippen molar-refractivity contribution in [2.24, 2.45) is 0 Å². The lowest BCUT2D eigenvalue weighted by Crippen LogP contribution is -2.03. The van der Waals surface area contributed by atoms with Gasteiger partial charge in [0.15, 0.2) is 0 Å². The highest BCUT2D eigenvalue weighted by Gasteiger charge is 2.15. The number of hydrogen-bond donors (Lipinski definition) is 0. The maximum Gasteiger partial charge on any atom is 0.0175 e. The van der Waals surface area contributed by atoms with Crippen molar-refractivity contribution in [1.82, 2.24) is 0 Å². The monoisotopic (exact) mass is 502 g/mol. The molecule has 0 fully saturated rings. The summed E-state index contributed by atoms with van der Waals surface area (Å²) in [6.07, 6.45) is 2.10. The van der Waals surface area contributed by atoms with E-state index in [-0.39, 0.29) is 0 Å². The van der Waals surface area contributed by atoms with Gasteiger partial charge < -0.3 is 0 Å². The molecule has 0 aliphatic heterocycles. The molecule has 1 heteroatoms. The van der Waals surface area contributed by atoms with Crippen LogP contribution in [-0.4, -0.2) is 0 Å². The molecular formula is C33H27Br. The van der Waals surface area contributed by atoms with E-state index >= 15 is 0 Å². The van der Waals surface area contributed by atoms with Crippen molar-refractivity contribution in [1.29, 1.82) is 0 Å². The molecule has 0 saturated heterocycles. The van der Waals surface area contributed by atoms with Crippen LogP contribution in [0.25, 0.3) is 22.3 Å². The first-order chi connectivity index (χ1) is 16.8. The third-order valence-electron chi connectivity index (χ3n) is 6.48. The average molecular weight is 503 g/mol. The first-order valence-electron chi connectivity index (χ1n) is 11.8. The molecule has 0 N–H and O–H groups in total. The Labute approximate surface area is 211 Å². The number of rotatable bonds is 7. The lowest BCUT2D eigenvalue weighted by atomic mass is 9.85. The molecule has 0 nitrogen and oxygen atoms in total. The zero-order valence-electron chi connectivity index (χ0n) is 19.1. The largest absolute Gasteiger partial charge is 0.0622 e. The van der Waals surface area contributed by atoms with E-state index in [9.17, 15) is 0 Å². The summed E-state index contributed by atoms with van der Waals surface area (Å²) in [5.41, 5.74) is 9.15. The average Bonchev–Trinajstić information content (AvgIpc) is 2.91. The van der Waals surface area contributed by atoms with Gasteiger partial charge in [0.05, 0.1) is 0 Å². The predicted octanol–water partition coefficient (Wildman–Crippen LogP) is 9.55. The third-order valence-corrected chi connectivity index (χ3v) is 7.00. The molecule has 5 aromatic carbocycles. The highest BCUT2D eigenvalue weighted by Crippen LogP contribution is 2.32. The second kappa shape index (κ2) is 10.7. The fraction of sp³-hybridized carbons (Fsp3) is 0.0909. The Hall–Kier alpha value is -3.42. The van der Waals surface area contributed by atoms with Gasteiger partial charge in [-0.05, 0) is 63.9 Å². The SMILES string of the molecule is Brc1ccc(C(CCc2ccc(-c3ccccc3)cc2)c2ccc(-c3ccccc3)cc2)cc1. The highest BCUT2D eigenvalue weighted by atomic mass is 79.9. The molecule has 0 aliphatic rings. The van der Waals surface area contributed by atoms with Crippen molar-refractivity contribution < 1.29 is 0 Å². The topological polar surface area (TPSA) is 0 Å². The van der Waals surface area contributed by atoms with Crippen LogP contribution in [-0.2, 0) is 6.42 Å². The third kappa shape index (κ3) is 5.38. The van der Waals surface area contributed by atoms with Gasteiger partial charge in [-0.1, -0.05) is 137 Å². The minimum absolute atomic E-state index is 0.353. The molecule has 0 aromatic heterocycles. The van der Waals surface area contributed by atoms with Gasteiger partial charge in [0.2, 0.25) is 0 Å². The Balaban J connectivity index is 1.37. The molecule has 1 atom stereocenters. The van der Waals surface area contributed by atoms with E-state index in [2.05, 4.69) is 149 Å². The quantitative estimate of drug-likeness (QED) is 0.207. The number of halogens is 1. The van der Waals surface area contributed by atoms with Crippen LogP contribution in [0.15, 0.2) is 138 Å². The van der Waals surface area contributed by atoms with Gasteiger partial charge in [-0.15, -0.1) is 0 Å². The summed E-state index contributed by atoms with van der Waals surface area (Å²) in [7, 11) is 0. The Kier molecular flexibility index (Phi) is 7.02. The van der Waals surface area contributed by atoms with Gasteiger partial charge in [0.1, 0.15) is 0 Å². The van der Waals surface area contributed by atoms with Crippen molar-refractivity contribution in [3.8, 4) is 22.3 Å². The van der Waals surface area contributed by atoms with Crippen molar-refractivity contribution in [3.63, 3.8) is 0 Å². The van der Waals surface area contributed by atoms with Gasteiger partial charge in [-0.25, -0.2) is 0 Å². The Morgan fingerprint density at radius 1 is 0.441 bits per heavy atom. The summed E-state index contributed by atoms with van der Waals surface area (Å²) in [6.45, 7) is 0. The number of aryl methyl sites for hydroxylation is 1. The maximum atomic E-state index is 3.59. The summed E-state index contributed by atoms with van der Waals surface area (Å²) in [6, 6.07) is 48.1. The Morgan fingerprint density at radius 3 is 1.35 bits per heavy atom. The van der Waals surface area contributed by atoms with E-state index in [1.165, 1.54) is 38.9 Å². The van der Waals surface area contributed by atoms with Gasteiger partial charge in [0, 0.05) is 10.4 Å². The summed E-state index contributed by atoms with van der Waals surface area (Å²) >= 11 is 3.59. The maximum absolute atomic E-state index is 3.59. The molecule has 1 unspecified atom stereocenters. The van der Waals surface area contributed by atoms with E-state index < -0.39 is 0 Å². The minimum Gasteiger partial charge on any atom is -0.0622 e. The van der Waals surface area contributed by atoms with Crippen molar-refractivity contribution in [3.05, 3.63) is 155 Å². The summed E-state index contributed by atoms with van der Waals surface area (Å²) in [4.78, 5) is 0. The van der Waals surface area contributed by atoms with Crippen LogP contribution in [0.4, 0.5) is 0 Å². The van der Waals surface area contributed by atoms with Gasteiger partial charge in [-0.3, -0.25) is 0 Å². The van der Waals surface area contributed by atoms with E-state index in [4.69, 9.17) is 0 Å². The Bertz CT molecular complexity index is 1300. The van der Waals surface area contributed by atoms with E-state index in [0.717, 1.165) is 17.3 Å². The predicted molar refractivity (Wildman–Crippen MR) is 148 cm³/mol. The highest BCUT2D eigenvalue weighted by molar-refractivity contribution is 9.10. The lowest BCUT2D eigenvalue weighted by molar-refractivity contribution is 0.715. The van der Waals surface area contributed by atoms with Crippen LogP contribution in [0.5, 0.6) is 0 Å². The fourth-order valence-corrected chi connectivity index (χ4v) is 4.83. The molecule has 0 radical (unpaired) electrons. The normalized spacial score (nSPS) is 11.8. The van der Waals surface area contributed by atoms with E-state index in [1.54, 1.807) is 0 Å². The van der Waals surface area contributed by atoms with Crippen LogP contribution in [0, 0.1) is 0 Å². The standard InChI is InChI=1S/C33H27Br/c34-32-22-20-31(21-23-32)33(30-18-16-29(17-19-30)27-9-5-2-6-10-27)24-13-25-11-14-28(15-12-25)26-7-3-1-4-8-26/h1-12,14-23,33H,13,24H2.